The number of benzene rings is 1. The minimum atomic E-state index is 0.0955. The highest BCUT2D eigenvalue weighted by atomic mass is 32.1. The molecule has 2 atom stereocenters. The molecule has 3 rings (SSSR count). The fraction of sp³-hybridized carbons (Fsp3) is 0.591. The third-order valence-corrected chi connectivity index (χ3v) is 5.70. The molecule has 2 unspecified atom stereocenters. The highest BCUT2D eigenvalue weighted by Crippen LogP contribution is 2.21. The van der Waals surface area contributed by atoms with Gasteiger partial charge in [0, 0.05) is 50.6 Å². The van der Waals surface area contributed by atoms with Crippen molar-refractivity contribution in [3.63, 3.8) is 0 Å². The van der Waals surface area contributed by atoms with E-state index < -0.39 is 0 Å². The number of nitrogens with zero attached hydrogens (tertiary/aromatic N) is 4. The van der Waals surface area contributed by atoms with Gasteiger partial charge in [0.2, 0.25) is 11.0 Å². The van der Waals surface area contributed by atoms with Gasteiger partial charge < -0.3 is 14.5 Å². The molecule has 1 fully saturated rings. The van der Waals surface area contributed by atoms with Gasteiger partial charge in [-0.1, -0.05) is 44.2 Å². The fourth-order valence-corrected chi connectivity index (χ4v) is 4.42. The van der Waals surface area contributed by atoms with Crippen molar-refractivity contribution in [1.29, 1.82) is 0 Å². The number of carbonyl (C=O) groups is 1. The monoisotopic (exact) mass is 416 g/mol. The van der Waals surface area contributed by atoms with E-state index in [0.717, 1.165) is 23.9 Å². The van der Waals surface area contributed by atoms with Crippen LogP contribution in [0.1, 0.15) is 45.5 Å². The summed E-state index contributed by atoms with van der Waals surface area (Å²) in [5.74, 6) is 1.51. The van der Waals surface area contributed by atoms with E-state index in [1.807, 2.05) is 36.9 Å². The molecule has 0 saturated carbocycles. The molecule has 29 heavy (non-hydrogen) atoms. The number of hydrogen-bond acceptors (Lipinski definition) is 6. The number of carbonyl (C=O) groups excluding carboxylic acids is 1. The average molecular weight is 417 g/mol. The van der Waals surface area contributed by atoms with Gasteiger partial charge in [0.1, 0.15) is 5.82 Å². The van der Waals surface area contributed by atoms with Crippen LogP contribution in [-0.4, -0.2) is 58.6 Å². The Hall–Kier alpha value is -1.99. The van der Waals surface area contributed by atoms with Crippen LogP contribution in [0.2, 0.25) is 0 Å². The zero-order valence-corrected chi connectivity index (χ0v) is 18.7. The minimum absolute atomic E-state index is 0.0955. The summed E-state index contributed by atoms with van der Waals surface area (Å²) in [4.78, 5) is 21.7. The third kappa shape index (κ3) is 6.51. The van der Waals surface area contributed by atoms with Crippen molar-refractivity contribution in [3.05, 3.63) is 41.7 Å². The second kappa shape index (κ2) is 10.2. The molecule has 1 aliphatic heterocycles. The molecule has 0 aliphatic carbocycles. The first kappa shape index (κ1) is 21.7. The van der Waals surface area contributed by atoms with Gasteiger partial charge in [-0.05, 0) is 25.3 Å². The van der Waals surface area contributed by atoms with Crippen molar-refractivity contribution in [1.82, 2.24) is 14.3 Å². The maximum absolute atomic E-state index is 12.8. The van der Waals surface area contributed by atoms with E-state index in [1.54, 1.807) is 0 Å². The predicted octanol–water partition coefficient (Wildman–Crippen LogP) is 3.62. The molecular weight excluding hydrogens is 384 g/mol. The number of amides is 1. The van der Waals surface area contributed by atoms with Crippen molar-refractivity contribution >= 4 is 22.6 Å². The maximum atomic E-state index is 12.8. The van der Waals surface area contributed by atoms with Gasteiger partial charge in [0.15, 0.2) is 0 Å². The molecule has 0 bridgehead atoms. The number of hydrogen-bond donors (Lipinski definition) is 0. The van der Waals surface area contributed by atoms with E-state index in [4.69, 9.17) is 9.72 Å². The minimum Gasteiger partial charge on any atom is -0.372 e. The first-order valence-electron chi connectivity index (χ1n) is 10.5. The Morgan fingerprint density at radius 1 is 1.24 bits per heavy atom. The van der Waals surface area contributed by atoms with Crippen molar-refractivity contribution in [2.45, 2.75) is 52.7 Å². The summed E-state index contributed by atoms with van der Waals surface area (Å²) in [6.07, 6.45) is 1.41. The molecule has 0 N–H and O–H groups in total. The lowest BCUT2D eigenvalue weighted by atomic mass is 10.1. The van der Waals surface area contributed by atoms with Gasteiger partial charge in [-0.15, -0.1) is 0 Å². The zero-order chi connectivity index (χ0) is 20.8. The van der Waals surface area contributed by atoms with Crippen molar-refractivity contribution in [3.8, 4) is 0 Å². The number of aromatic nitrogens is 2. The summed E-state index contributed by atoms with van der Waals surface area (Å²) >= 11 is 1.43. The van der Waals surface area contributed by atoms with Crippen LogP contribution in [-0.2, 0) is 16.0 Å². The molecule has 1 aliphatic rings. The summed E-state index contributed by atoms with van der Waals surface area (Å²) in [6.45, 7) is 11.3. The number of ether oxygens (including phenoxy) is 1. The molecule has 6 nitrogen and oxygen atoms in total. The van der Waals surface area contributed by atoms with E-state index in [0.29, 0.717) is 32.0 Å². The third-order valence-electron chi connectivity index (χ3n) is 4.89. The molecule has 0 radical (unpaired) electrons. The molecule has 1 amide bonds. The fourth-order valence-electron chi connectivity index (χ4n) is 3.70. The van der Waals surface area contributed by atoms with Crippen LogP contribution in [0.3, 0.4) is 0 Å². The normalized spacial score (nSPS) is 19.6. The lowest BCUT2D eigenvalue weighted by Crippen LogP contribution is -2.48. The maximum Gasteiger partial charge on any atom is 0.224 e. The lowest BCUT2D eigenvalue weighted by Gasteiger charge is -2.35. The largest absolute Gasteiger partial charge is 0.372 e. The number of morpholine rings is 1. The first-order valence-corrected chi connectivity index (χ1v) is 11.2. The lowest BCUT2D eigenvalue weighted by molar-refractivity contribution is -0.143. The van der Waals surface area contributed by atoms with Crippen LogP contribution < -0.4 is 4.90 Å². The van der Waals surface area contributed by atoms with Crippen molar-refractivity contribution < 1.29 is 9.53 Å². The molecule has 1 aromatic heterocycles. The van der Waals surface area contributed by atoms with E-state index in [2.05, 4.69) is 35.3 Å². The van der Waals surface area contributed by atoms with Gasteiger partial charge in [-0.25, -0.2) is 4.98 Å². The van der Waals surface area contributed by atoms with Crippen LogP contribution in [0.25, 0.3) is 0 Å². The van der Waals surface area contributed by atoms with E-state index >= 15 is 0 Å². The van der Waals surface area contributed by atoms with Gasteiger partial charge >= 0.3 is 0 Å². The smallest absolute Gasteiger partial charge is 0.224 e. The molecule has 158 valence electrons. The molecule has 1 saturated heterocycles. The Morgan fingerprint density at radius 3 is 2.59 bits per heavy atom. The average Bonchev–Trinajstić information content (AvgIpc) is 3.13. The van der Waals surface area contributed by atoms with Crippen LogP contribution in [0.15, 0.2) is 30.3 Å². The van der Waals surface area contributed by atoms with Gasteiger partial charge in [0.05, 0.1) is 12.2 Å². The van der Waals surface area contributed by atoms with Gasteiger partial charge in [0.25, 0.3) is 0 Å². The molecule has 0 spiro atoms. The Bertz CT molecular complexity index is 770. The van der Waals surface area contributed by atoms with Crippen LogP contribution in [0.4, 0.5) is 5.13 Å². The van der Waals surface area contributed by atoms with Crippen LogP contribution in [0.5, 0.6) is 0 Å². The van der Waals surface area contributed by atoms with Crippen molar-refractivity contribution in [2.24, 2.45) is 5.92 Å². The Morgan fingerprint density at radius 2 is 1.93 bits per heavy atom. The summed E-state index contributed by atoms with van der Waals surface area (Å²) in [7, 11) is 0. The van der Waals surface area contributed by atoms with Gasteiger partial charge in [-0.2, -0.15) is 4.37 Å². The van der Waals surface area contributed by atoms with E-state index in [9.17, 15) is 4.79 Å². The topological polar surface area (TPSA) is 58.6 Å². The zero-order valence-electron chi connectivity index (χ0n) is 17.9. The summed E-state index contributed by atoms with van der Waals surface area (Å²) in [6, 6.07) is 10.3. The van der Waals surface area contributed by atoms with Gasteiger partial charge in [-0.3, -0.25) is 4.79 Å². The van der Waals surface area contributed by atoms with Crippen LogP contribution in [0, 0.1) is 5.92 Å². The second-order valence-corrected chi connectivity index (χ2v) is 9.03. The molecular formula is C22H32N4O2S. The Balaban J connectivity index is 1.61. The van der Waals surface area contributed by atoms with E-state index in [-0.39, 0.29) is 18.1 Å². The Kier molecular flexibility index (Phi) is 7.61. The van der Waals surface area contributed by atoms with Crippen molar-refractivity contribution in [2.75, 3.05) is 31.1 Å². The van der Waals surface area contributed by atoms with Crippen LogP contribution >= 0.6 is 11.5 Å². The highest BCUT2D eigenvalue weighted by Gasteiger charge is 2.26. The quantitative estimate of drug-likeness (QED) is 0.658. The first-order chi connectivity index (χ1) is 13.9. The Labute approximate surface area is 178 Å². The number of rotatable bonds is 8. The number of anilines is 1. The standard InChI is InChI=1S/C22H32N4O2S/c1-16(2)13-25(11-10-21(27)26-14-17(3)28-18(4)15-26)22-23-20(24-29-22)12-19-8-6-5-7-9-19/h5-9,16-18H,10-15H2,1-4H3. The second-order valence-electron chi connectivity index (χ2n) is 8.30. The van der Waals surface area contributed by atoms with E-state index in [1.165, 1.54) is 17.1 Å². The summed E-state index contributed by atoms with van der Waals surface area (Å²) < 4.78 is 10.3. The highest BCUT2D eigenvalue weighted by molar-refractivity contribution is 7.09. The molecule has 1 aromatic carbocycles. The molecule has 7 heteroatoms. The molecule has 2 aromatic rings. The summed E-state index contributed by atoms with van der Waals surface area (Å²) in [5.41, 5.74) is 1.21. The predicted molar refractivity (Wildman–Crippen MR) is 117 cm³/mol. The SMILES string of the molecule is CC(C)CN(CCC(=O)N1CC(C)OC(C)C1)c1nc(Cc2ccccc2)ns1. The summed E-state index contributed by atoms with van der Waals surface area (Å²) in [5, 5.41) is 0.904. The molecule has 2 heterocycles.